The molecule has 0 amide bonds. The van der Waals surface area contributed by atoms with E-state index in [1.807, 2.05) is 24.3 Å². The first-order valence-electron chi connectivity index (χ1n) is 9.47. The predicted molar refractivity (Wildman–Crippen MR) is 102 cm³/mol. The molecule has 0 aromatic heterocycles. The molecule has 0 saturated carbocycles. The SMILES string of the molecule is CC(=O)[O][Ti]1([O]C(C)=O)[CH]2C(=Cc3ccccc32)CC2=Cc3ccccc3[CH]21. The average molecular weight is 408 g/mol. The van der Waals surface area contributed by atoms with E-state index in [-0.39, 0.29) is 20.4 Å². The van der Waals surface area contributed by atoms with Crippen molar-refractivity contribution in [3.05, 3.63) is 81.9 Å². The molecule has 1 fully saturated rings. The number of rotatable bonds is 2. The second-order valence-corrected chi connectivity index (χ2v) is 12.3. The van der Waals surface area contributed by atoms with E-state index in [1.54, 1.807) is 0 Å². The molecular weight excluding hydrogens is 388 g/mol. The Morgan fingerprint density at radius 1 is 0.786 bits per heavy atom. The predicted octanol–water partition coefficient (Wildman–Crippen LogP) is 4.78. The van der Waals surface area contributed by atoms with Crippen LogP contribution in [-0.2, 0) is 33.6 Å². The van der Waals surface area contributed by atoms with Gasteiger partial charge in [0.1, 0.15) is 0 Å². The van der Waals surface area contributed by atoms with Crippen molar-refractivity contribution in [3.63, 3.8) is 0 Å². The summed E-state index contributed by atoms with van der Waals surface area (Å²) in [6, 6.07) is 16.3. The summed E-state index contributed by atoms with van der Waals surface area (Å²) < 4.78 is 12.1. The molecule has 140 valence electrons. The van der Waals surface area contributed by atoms with Crippen molar-refractivity contribution in [3.8, 4) is 0 Å². The summed E-state index contributed by atoms with van der Waals surface area (Å²) in [5, 5.41) is 0. The molecule has 28 heavy (non-hydrogen) atoms. The number of carbonyl (C=O) groups is 2. The summed E-state index contributed by atoms with van der Waals surface area (Å²) in [7, 11) is 0. The maximum atomic E-state index is 12.3. The van der Waals surface area contributed by atoms with Gasteiger partial charge in [0.2, 0.25) is 0 Å². The molecule has 1 aliphatic heterocycles. The number of fused-ring (bicyclic) bond motifs is 6. The Morgan fingerprint density at radius 3 is 1.64 bits per heavy atom. The summed E-state index contributed by atoms with van der Waals surface area (Å²) in [4.78, 5) is 24.6. The number of carbonyl (C=O) groups excluding carboxylic acids is 2. The van der Waals surface area contributed by atoms with Crippen LogP contribution in [0.4, 0.5) is 0 Å². The van der Waals surface area contributed by atoms with Crippen molar-refractivity contribution in [2.75, 3.05) is 0 Å². The molecule has 3 aliphatic rings. The molecule has 1 saturated heterocycles. The van der Waals surface area contributed by atoms with Crippen LogP contribution in [-0.4, -0.2) is 11.9 Å². The first-order chi connectivity index (χ1) is 13.5. The standard InChI is InChI=1S/C19H14.2C2H4O2.Ti/c1-2-6-17-11-14(10-16(17)5-1)9-15-12-18-7-3-4-8-19(18)13-15;2*1-2(3)4;/h1-8,10-13H,9H2;2*1H3,(H,3,4);/q;;;+2/p-2. The fourth-order valence-electron chi connectivity index (χ4n) is 5.14. The minimum atomic E-state index is -4.10. The quantitative estimate of drug-likeness (QED) is 0.672. The summed E-state index contributed by atoms with van der Waals surface area (Å²) >= 11 is -4.10. The van der Waals surface area contributed by atoms with Gasteiger partial charge in [-0.3, -0.25) is 0 Å². The van der Waals surface area contributed by atoms with E-state index in [0.717, 1.165) is 28.7 Å². The molecule has 1 heterocycles. The first-order valence-corrected chi connectivity index (χ1v) is 12.6. The van der Waals surface area contributed by atoms with E-state index in [4.69, 9.17) is 6.64 Å². The molecule has 0 N–H and O–H groups in total. The van der Waals surface area contributed by atoms with Crippen molar-refractivity contribution in [2.45, 2.75) is 28.7 Å². The van der Waals surface area contributed by atoms with Crippen molar-refractivity contribution in [1.29, 1.82) is 0 Å². The first kappa shape index (κ1) is 17.7. The van der Waals surface area contributed by atoms with Gasteiger partial charge in [0, 0.05) is 0 Å². The van der Waals surface area contributed by atoms with Crippen LogP contribution >= 0.6 is 0 Å². The molecule has 0 radical (unpaired) electrons. The third-order valence-corrected chi connectivity index (χ3v) is 12.4. The molecule has 2 unspecified atom stereocenters. The van der Waals surface area contributed by atoms with Crippen LogP contribution in [0.2, 0.25) is 0 Å². The van der Waals surface area contributed by atoms with E-state index in [1.165, 1.54) is 25.0 Å². The van der Waals surface area contributed by atoms with Gasteiger partial charge in [-0.25, -0.2) is 0 Å². The van der Waals surface area contributed by atoms with Crippen LogP contribution in [0.25, 0.3) is 12.2 Å². The zero-order valence-electron chi connectivity index (χ0n) is 15.8. The van der Waals surface area contributed by atoms with Gasteiger partial charge in [0.25, 0.3) is 0 Å². The third kappa shape index (κ3) is 2.48. The molecule has 5 rings (SSSR count). The Hall–Kier alpha value is -2.43. The zero-order valence-corrected chi connectivity index (χ0v) is 17.3. The summed E-state index contributed by atoms with van der Waals surface area (Å²) in [6.45, 7) is 2.83. The molecule has 0 bridgehead atoms. The van der Waals surface area contributed by atoms with Gasteiger partial charge in [-0.1, -0.05) is 0 Å². The van der Waals surface area contributed by atoms with Gasteiger partial charge in [-0.05, 0) is 0 Å². The van der Waals surface area contributed by atoms with Crippen LogP contribution in [0.3, 0.4) is 0 Å². The zero-order chi connectivity index (χ0) is 19.5. The average Bonchev–Trinajstić information content (AvgIpc) is 3.18. The second kappa shape index (κ2) is 6.30. The topological polar surface area (TPSA) is 52.6 Å². The summed E-state index contributed by atoms with van der Waals surface area (Å²) in [5.41, 5.74) is 6.88. The van der Waals surface area contributed by atoms with Gasteiger partial charge in [-0.15, -0.1) is 0 Å². The fraction of sp³-hybridized carbons (Fsp3) is 0.217. The van der Waals surface area contributed by atoms with Gasteiger partial charge < -0.3 is 0 Å². The number of benzene rings is 2. The number of hydrogen-bond donors (Lipinski definition) is 0. The molecule has 0 spiro atoms. The Bertz CT molecular complexity index is 996. The van der Waals surface area contributed by atoms with E-state index < -0.39 is 17.4 Å². The maximum absolute atomic E-state index is 12.3. The second-order valence-electron chi connectivity index (χ2n) is 7.65. The van der Waals surface area contributed by atoms with Crippen molar-refractivity contribution in [1.82, 2.24) is 0 Å². The molecule has 2 atom stereocenters. The fourth-order valence-corrected chi connectivity index (χ4v) is 12.2. The van der Waals surface area contributed by atoms with Gasteiger partial charge in [-0.2, -0.15) is 0 Å². The van der Waals surface area contributed by atoms with E-state index >= 15 is 0 Å². The minimum absolute atomic E-state index is 0.127. The molecular formula is C23H20O4Ti. The number of allylic oxidation sites excluding steroid dienone is 2. The Labute approximate surface area is 168 Å². The van der Waals surface area contributed by atoms with Crippen molar-refractivity contribution < 1.29 is 33.6 Å². The van der Waals surface area contributed by atoms with Crippen LogP contribution in [0.15, 0.2) is 59.7 Å². The molecule has 5 heteroatoms. The Balaban J connectivity index is 1.79. The van der Waals surface area contributed by atoms with Crippen LogP contribution in [0, 0.1) is 0 Å². The van der Waals surface area contributed by atoms with Crippen molar-refractivity contribution in [2.24, 2.45) is 0 Å². The Kier molecular flexibility index (Phi) is 3.97. The van der Waals surface area contributed by atoms with Gasteiger partial charge >= 0.3 is 168 Å². The van der Waals surface area contributed by atoms with Gasteiger partial charge in [0.15, 0.2) is 0 Å². The van der Waals surface area contributed by atoms with E-state index in [9.17, 15) is 9.59 Å². The third-order valence-electron chi connectivity index (χ3n) is 5.86. The molecule has 2 aromatic rings. The molecule has 2 aromatic carbocycles. The van der Waals surface area contributed by atoms with Crippen LogP contribution in [0.5, 0.6) is 0 Å². The van der Waals surface area contributed by atoms with Crippen molar-refractivity contribution >= 4 is 24.1 Å². The monoisotopic (exact) mass is 408 g/mol. The Morgan fingerprint density at radius 2 is 1.21 bits per heavy atom. The van der Waals surface area contributed by atoms with E-state index in [0.29, 0.717) is 0 Å². The van der Waals surface area contributed by atoms with Crippen LogP contribution < -0.4 is 0 Å². The number of hydrogen-bond acceptors (Lipinski definition) is 4. The normalized spacial score (nSPS) is 22.8. The van der Waals surface area contributed by atoms with Crippen LogP contribution in [0.1, 0.15) is 51.0 Å². The molecule has 4 nitrogen and oxygen atoms in total. The van der Waals surface area contributed by atoms with E-state index in [2.05, 4.69) is 36.4 Å². The van der Waals surface area contributed by atoms with Gasteiger partial charge in [0.05, 0.1) is 0 Å². The summed E-state index contributed by atoms with van der Waals surface area (Å²) in [6.07, 6.45) is 5.19. The molecule has 2 aliphatic carbocycles. The summed E-state index contributed by atoms with van der Waals surface area (Å²) in [5.74, 6) is -0.758.